The van der Waals surface area contributed by atoms with E-state index in [1.54, 1.807) is 26.8 Å². The number of aromatic nitrogens is 1. The summed E-state index contributed by atoms with van der Waals surface area (Å²) in [6, 6.07) is 11.8. The second-order valence-electron chi connectivity index (χ2n) is 10.8. The third-order valence-electron chi connectivity index (χ3n) is 6.33. The van der Waals surface area contributed by atoms with Crippen LogP contribution < -0.4 is 4.90 Å². The van der Waals surface area contributed by atoms with Gasteiger partial charge in [0.15, 0.2) is 11.6 Å². The zero-order valence-electron chi connectivity index (χ0n) is 22.1. The molecule has 0 saturated heterocycles. The molecule has 1 fully saturated rings. The molecule has 3 aromatic rings. The lowest BCUT2D eigenvalue weighted by molar-refractivity contribution is -0.157. The van der Waals surface area contributed by atoms with E-state index >= 15 is 0 Å². The van der Waals surface area contributed by atoms with Crippen LogP contribution >= 0.6 is 0 Å². The molecule has 1 saturated carbocycles. The second-order valence-corrected chi connectivity index (χ2v) is 10.8. The fraction of sp³-hybridized carbons (Fsp3) is 0.400. The highest BCUT2D eigenvalue weighted by atomic mass is 19.2. The van der Waals surface area contributed by atoms with Gasteiger partial charge < -0.3 is 19.8 Å². The Balaban J connectivity index is 1.70. The summed E-state index contributed by atoms with van der Waals surface area (Å²) in [5.74, 6) is -2.30. The average Bonchev–Trinajstić information content (AvgIpc) is 3.67. The minimum absolute atomic E-state index is 0.0702. The van der Waals surface area contributed by atoms with Gasteiger partial charge >= 0.3 is 5.97 Å². The van der Waals surface area contributed by atoms with Gasteiger partial charge in [0.05, 0.1) is 35.5 Å². The number of esters is 1. The molecule has 2 aromatic carbocycles. The summed E-state index contributed by atoms with van der Waals surface area (Å²) in [5.41, 5.74) is 2.61. The number of anilines is 2. The summed E-state index contributed by atoms with van der Waals surface area (Å²) >= 11 is 0. The van der Waals surface area contributed by atoms with E-state index in [0.717, 1.165) is 36.4 Å². The fourth-order valence-electron chi connectivity index (χ4n) is 4.47. The Kier molecular flexibility index (Phi) is 8.13. The molecule has 1 heterocycles. The van der Waals surface area contributed by atoms with Crippen LogP contribution in [0.25, 0.3) is 17.0 Å². The molecule has 0 spiro atoms. The monoisotopic (exact) mass is 524 g/mol. The molecule has 38 heavy (non-hydrogen) atoms. The Labute approximate surface area is 221 Å². The van der Waals surface area contributed by atoms with E-state index in [2.05, 4.69) is 0 Å². The highest BCUT2D eigenvalue weighted by molar-refractivity contribution is 5.99. The number of hydrogen-bond acceptors (Lipinski definition) is 6. The van der Waals surface area contributed by atoms with E-state index in [-0.39, 0.29) is 18.8 Å². The molecule has 202 valence electrons. The number of para-hydroxylation sites is 1. The topological polar surface area (TPSA) is 82.9 Å². The molecule has 2 atom stereocenters. The van der Waals surface area contributed by atoms with Crippen molar-refractivity contribution in [2.24, 2.45) is 0 Å². The second kappa shape index (κ2) is 11.2. The summed E-state index contributed by atoms with van der Waals surface area (Å²) in [4.78, 5) is 18.6. The van der Waals surface area contributed by atoms with Crippen molar-refractivity contribution in [3.63, 3.8) is 0 Å². The van der Waals surface area contributed by atoms with Crippen LogP contribution in [-0.4, -0.2) is 46.0 Å². The average molecular weight is 525 g/mol. The lowest BCUT2D eigenvalue weighted by Gasteiger charge is -2.25. The summed E-state index contributed by atoms with van der Waals surface area (Å²) in [6.07, 6.45) is 2.65. The minimum atomic E-state index is -1.09. The van der Waals surface area contributed by atoms with Crippen molar-refractivity contribution in [3.8, 4) is 0 Å². The molecule has 1 aliphatic carbocycles. The molecule has 8 heteroatoms. The van der Waals surface area contributed by atoms with E-state index in [9.17, 15) is 23.8 Å². The van der Waals surface area contributed by atoms with Crippen molar-refractivity contribution in [2.75, 3.05) is 11.9 Å². The lowest BCUT2D eigenvalue weighted by atomic mass is 9.99. The highest BCUT2D eigenvalue weighted by Gasteiger charge is 2.31. The Morgan fingerprint density at radius 1 is 1.16 bits per heavy atom. The number of fused-ring (bicyclic) bond motifs is 1. The van der Waals surface area contributed by atoms with Crippen LogP contribution in [0, 0.1) is 11.6 Å². The molecule has 4 rings (SSSR count). The molecular weight excluding hydrogens is 490 g/mol. The number of hydrogen-bond donors (Lipinski definition) is 2. The van der Waals surface area contributed by atoms with Gasteiger partial charge in [0.2, 0.25) is 0 Å². The highest BCUT2D eigenvalue weighted by Crippen LogP contribution is 2.46. The summed E-state index contributed by atoms with van der Waals surface area (Å²) < 4.78 is 33.8. The number of ether oxygens (including phenoxy) is 1. The summed E-state index contributed by atoms with van der Waals surface area (Å²) in [7, 11) is 1.85. The number of pyridine rings is 1. The van der Waals surface area contributed by atoms with Gasteiger partial charge in [0.25, 0.3) is 0 Å². The number of halogens is 2. The molecule has 0 aliphatic heterocycles. The molecule has 0 amide bonds. The predicted octanol–water partition coefficient (Wildman–Crippen LogP) is 6.02. The molecule has 0 unspecified atom stereocenters. The first-order valence-electron chi connectivity index (χ1n) is 12.8. The van der Waals surface area contributed by atoms with Crippen LogP contribution in [0.1, 0.15) is 63.6 Å². The third-order valence-corrected chi connectivity index (χ3v) is 6.33. The van der Waals surface area contributed by atoms with E-state index in [4.69, 9.17) is 9.72 Å². The van der Waals surface area contributed by atoms with E-state index < -0.39 is 35.4 Å². The van der Waals surface area contributed by atoms with Gasteiger partial charge in [-0.2, -0.15) is 0 Å². The van der Waals surface area contributed by atoms with E-state index in [0.29, 0.717) is 22.2 Å². The number of nitrogens with zero attached hydrogens (tertiary/aromatic N) is 2. The minimum Gasteiger partial charge on any atom is -0.460 e. The number of rotatable bonds is 9. The Morgan fingerprint density at radius 2 is 1.82 bits per heavy atom. The van der Waals surface area contributed by atoms with Crippen molar-refractivity contribution in [1.29, 1.82) is 0 Å². The fourth-order valence-corrected chi connectivity index (χ4v) is 4.47. The van der Waals surface area contributed by atoms with Crippen LogP contribution in [0.15, 0.2) is 48.5 Å². The van der Waals surface area contributed by atoms with E-state index in [1.165, 1.54) is 6.08 Å². The predicted molar refractivity (Wildman–Crippen MR) is 144 cm³/mol. The van der Waals surface area contributed by atoms with Crippen molar-refractivity contribution in [2.45, 2.75) is 70.2 Å². The quantitative estimate of drug-likeness (QED) is 0.334. The molecule has 2 N–H and O–H groups in total. The zero-order chi connectivity index (χ0) is 27.6. The van der Waals surface area contributed by atoms with Crippen LogP contribution in [0.3, 0.4) is 0 Å². The van der Waals surface area contributed by atoms with Gasteiger partial charge in [-0.3, -0.25) is 9.78 Å². The van der Waals surface area contributed by atoms with Crippen molar-refractivity contribution < 1.29 is 28.5 Å². The van der Waals surface area contributed by atoms with Gasteiger partial charge in [-0.1, -0.05) is 30.4 Å². The van der Waals surface area contributed by atoms with Crippen LogP contribution in [0.5, 0.6) is 0 Å². The Bertz CT molecular complexity index is 1330. The maximum Gasteiger partial charge on any atom is 0.308 e. The van der Waals surface area contributed by atoms with Gasteiger partial charge in [-0.15, -0.1) is 0 Å². The lowest BCUT2D eigenvalue weighted by Crippen LogP contribution is -2.27. The van der Waals surface area contributed by atoms with Crippen molar-refractivity contribution in [1.82, 2.24) is 4.98 Å². The summed E-state index contributed by atoms with van der Waals surface area (Å²) in [5, 5.41) is 21.4. The first-order valence-corrected chi connectivity index (χ1v) is 12.8. The number of aliphatic hydroxyl groups excluding tert-OH is 2. The third kappa shape index (κ3) is 6.74. The van der Waals surface area contributed by atoms with Crippen molar-refractivity contribution in [3.05, 3.63) is 71.4 Å². The van der Waals surface area contributed by atoms with Gasteiger partial charge in [0, 0.05) is 42.1 Å². The van der Waals surface area contributed by atoms with Gasteiger partial charge in [-0.25, -0.2) is 8.78 Å². The zero-order valence-corrected chi connectivity index (χ0v) is 22.1. The maximum atomic E-state index is 14.4. The normalized spacial score (nSPS) is 15.6. The molecule has 0 bridgehead atoms. The Hall–Kier alpha value is -3.36. The van der Waals surface area contributed by atoms with Gasteiger partial charge in [0.1, 0.15) is 5.60 Å². The molecule has 1 aromatic heterocycles. The number of benzene rings is 2. The van der Waals surface area contributed by atoms with Crippen molar-refractivity contribution >= 4 is 34.3 Å². The largest absolute Gasteiger partial charge is 0.460 e. The van der Waals surface area contributed by atoms with Crippen LogP contribution in [0.4, 0.5) is 20.2 Å². The first kappa shape index (κ1) is 27.7. The standard InChI is InChI=1S/C30H34F2N2O4/c1-30(2,3)38-27(37)15-21(36)14-20(35)12-13-22-28(18-10-11-18)33-26-17-25(32)24(31)16-23(26)29(22)34(4)19-8-6-5-7-9-19/h5-9,12-13,16-18,20-21,35-36H,10-11,14-15H2,1-4H3/b13-12+/t20-,21-/m1/s1. The first-order chi connectivity index (χ1) is 17.9. The van der Waals surface area contributed by atoms with Crippen LogP contribution in [0.2, 0.25) is 0 Å². The Morgan fingerprint density at radius 3 is 2.45 bits per heavy atom. The molecule has 1 aliphatic rings. The van der Waals surface area contributed by atoms with E-state index in [1.807, 2.05) is 42.3 Å². The molecule has 6 nitrogen and oxygen atoms in total. The molecular formula is C30H34F2N2O4. The number of carbonyl (C=O) groups excluding carboxylic acids is 1. The number of aliphatic hydroxyl groups is 2. The molecule has 0 radical (unpaired) electrons. The summed E-state index contributed by atoms with van der Waals surface area (Å²) in [6.45, 7) is 5.23. The SMILES string of the molecule is CN(c1ccccc1)c1c(/C=C/[C@@H](O)C[C@@H](O)CC(=O)OC(C)(C)C)c(C2CC2)nc2cc(F)c(F)cc12. The van der Waals surface area contributed by atoms with Gasteiger partial charge in [-0.05, 0) is 51.8 Å². The number of carbonyl (C=O) groups is 1. The maximum absolute atomic E-state index is 14.4. The van der Waals surface area contributed by atoms with Crippen LogP contribution in [-0.2, 0) is 9.53 Å². The smallest absolute Gasteiger partial charge is 0.308 e.